The Morgan fingerprint density at radius 2 is 1.73 bits per heavy atom. The number of hydrogen-bond acceptors (Lipinski definition) is 5. The van der Waals surface area contributed by atoms with Crippen molar-refractivity contribution in [3.63, 3.8) is 0 Å². The zero-order valence-corrected chi connectivity index (χ0v) is 15.5. The van der Waals surface area contributed by atoms with Crippen molar-refractivity contribution >= 4 is 45.9 Å². The van der Waals surface area contributed by atoms with E-state index in [2.05, 4.69) is 25.4 Å². The van der Waals surface area contributed by atoms with Gasteiger partial charge in [0.2, 0.25) is 0 Å². The Balaban J connectivity index is 1.79. The summed E-state index contributed by atoms with van der Waals surface area (Å²) in [5.41, 5.74) is 3.25. The standard InChI is InChI=1S/C18H14Cl2N6/c1-10-7-16(26(25-10)18-13(20)8-12(19)9-21-18)24-17-11(2)22-14-5-3-4-6-15(14)23-17/h3-9H,1-2H3,(H,23,24). The fraction of sp³-hybridized carbons (Fsp3) is 0.111. The van der Waals surface area contributed by atoms with Crippen LogP contribution in [-0.4, -0.2) is 24.7 Å². The van der Waals surface area contributed by atoms with Crippen LogP contribution in [0, 0.1) is 13.8 Å². The van der Waals surface area contributed by atoms with Crippen molar-refractivity contribution in [2.24, 2.45) is 0 Å². The number of fused-ring (bicyclic) bond motifs is 1. The van der Waals surface area contributed by atoms with Gasteiger partial charge in [-0.15, -0.1) is 0 Å². The predicted molar refractivity (Wildman–Crippen MR) is 104 cm³/mol. The quantitative estimate of drug-likeness (QED) is 0.545. The molecule has 0 saturated heterocycles. The summed E-state index contributed by atoms with van der Waals surface area (Å²) in [5, 5.41) is 8.64. The largest absolute Gasteiger partial charge is 0.323 e. The van der Waals surface area contributed by atoms with E-state index in [4.69, 9.17) is 23.2 Å². The Morgan fingerprint density at radius 1 is 1.00 bits per heavy atom. The average Bonchev–Trinajstić information content (AvgIpc) is 2.95. The lowest BCUT2D eigenvalue weighted by atomic mass is 10.3. The molecule has 1 N–H and O–H groups in total. The van der Waals surface area contributed by atoms with Crippen molar-refractivity contribution < 1.29 is 0 Å². The zero-order valence-electron chi connectivity index (χ0n) is 14.0. The normalized spacial score (nSPS) is 11.1. The SMILES string of the molecule is Cc1cc(Nc2nc3ccccc3nc2C)n(-c2ncc(Cl)cc2Cl)n1. The highest BCUT2D eigenvalue weighted by molar-refractivity contribution is 6.35. The van der Waals surface area contributed by atoms with E-state index in [9.17, 15) is 0 Å². The Hall–Kier alpha value is -2.70. The molecule has 0 aliphatic rings. The van der Waals surface area contributed by atoms with Gasteiger partial charge < -0.3 is 5.32 Å². The molecular formula is C18H14Cl2N6. The minimum absolute atomic E-state index is 0.407. The van der Waals surface area contributed by atoms with Gasteiger partial charge in [0.25, 0.3) is 0 Å². The van der Waals surface area contributed by atoms with E-state index in [1.54, 1.807) is 10.7 Å². The third-order valence-electron chi connectivity index (χ3n) is 3.81. The number of anilines is 2. The zero-order chi connectivity index (χ0) is 18.3. The molecule has 26 heavy (non-hydrogen) atoms. The molecule has 0 saturated carbocycles. The molecule has 0 atom stereocenters. The van der Waals surface area contributed by atoms with Gasteiger partial charge in [0.15, 0.2) is 11.6 Å². The molecule has 1 aromatic carbocycles. The van der Waals surface area contributed by atoms with Crippen LogP contribution in [0.5, 0.6) is 0 Å². The molecule has 0 bridgehead atoms. The van der Waals surface area contributed by atoms with Crippen molar-refractivity contribution in [2.75, 3.05) is 5.32 Å². The summed E-state index contributed by atoms with van der Waals surface area (Å²) in [7, 11) is 0. The number of aryl methyl sites for hydroxylation is 2. The summed E-state index contributed by atoms with van der Waals surface area (Å²) in [6.07, 6.45) is 1.53. The van der Waals surface area contributed by atoms with E-state index >= 15 is 0 Å². The monoisotopic (exact) mass is 384 g/mol. The summed E-state index contributed by atoms with van der Waals surface area (Å²) in [4.78, 5) is 13.6. The van der Waals surface area contributed by atoms with Crippen molar-refractivity contribution in [2.45, 2.75) is 13.8 Å². The molecule has 0 spiro atoms. The van der Waals surface area contributed by atoms with Gasteiger partial charge in [0.05, 0.1) is 32.5 Å². The van der Waals surface area contributed by atoms with Gasteiger partial charge in [0, 0.05) is 12.3 Å². The van der Waals surface area contributed by atoms with E-state index in [1.165, 1.54) is 6.20 Å². The Bertz CT molecular complexity index is 1120. The molecule has 0 aliphatic carbocycles. The van der Waals surface area contributed by atoms with Gasteiger partial charge in [-0.25, -0.2) is 15.0 Å². The molecule has 6 nitrogen and oxygen atoms in total. The number of para-hydroxylation sites is 2. The third kappa shape index (κ3) is 3.09. The first-order valence-electron chi connectivity index (χ1n) is 7.90. The molecule has 3 heterocycles. The van der Waals surface area contributed by atoms with Gasteiger partial charge in [-0.1, -0.05) is 35.3 Å². The molecule has 130 valence electrons. The van der Waals surface area contributed by atoms with Crippen LogP contribution in [0.1, 0.15) is 11.4 Å². The fourth-order valence-corrected chi connectivity index (χ4v) is 3.10. The van der Waals surface area contributed by atoms with Crippen LogP contribution in [0.2, 0.25) is 10.0 Å². The van der Waals surface area contributed by atoms with Gasteiger partial charge in [-0.3, -0.25) is 0 Å². The first kappa shape index (κ1) is 16.8. The van der Waals surface area contributed by atoms with E-state index < -0.39 is 0 Å². The number of hydrogen-bond donors (Lipinski definition) is 1. The summed E-state index contributed by atoms with van der Waals surface area (Å²) in [6.45, 7) is 3.80. The van der Waals surface area contributed by atoms with Crippen molar-refractivity contribution in [1.29, 1.82) is 0 Å². The Morgan fingerprint density at radius 3 is 2.46 bits per heavy atom. The van der Waals surface area contributed by atoms with Gasteiger partial charge in [0.1, 0.15) is 5.82 Å². The highest BCUT2D eigenvalue weighted by atomic mass is 35.5. The highest BCUT2D eigenvalue weighted by Crippen LogP contribution is 2.27. The van der Waals surface area contributed by atoms with Crippen LogP contribution >= 0.6 is 23.2 Å². The maximum Gasteiger partial charge on any atom is 0.174 e. The van der Waals surface area contributed by atoms with Gasteiger partial charge in [-0.2, -0.15) is 9.78 Å². The third-order valence-corrected chi connectivity index (χ3v) is 4.30. The molecule has 3 aromatic heterocycles. The second-order valence-electron chi connectivity index (χ2n) is 5.81. The Kier molecular flexibility index (Phi) is 4.22. The van der Waals surface area contributed by atoms with E-state index in [0.717, 1.165) is 22.4 Å². The minimum atomic E-state index is 0.407. The maximum absolute atomic E-state index is 6.29. The van der Waals surface area contributed by atoms with E-state index in [-0.39, 0.29) is 0 Å². The minimum Gasteiger partial charge on any atom is -0.323 e. The van der Waals surface area contributed by atoms with Crippen LogP contribution in [0.15, 0.2) is 42.6 Å². The number of nitrogens with one attached hydrogen (secondary N) is 1. The molecule has 0 amide bonds. The summed E-state index contributed by atoms with van der Waals surface area (Å²) in [6, 6.07) is 11.3. The highest BCUT2D eigenvalue weighted by Gasteiger charge is 2.15. The van der Waals surface area contributed by atoms with E-state index in [0.29, 0.717) is 27.5 Å². The lowest BCUT2D eigenvalue weighted by molar-refractivity contribution is 0.838. The second kappa shape index (κ2) is 6.55. The second-order valence-corrected chi connectivity index (χ2v) is 6.66. The van der Waals surface area contributed by atoms with Crippen LogP contribution in [0.3, 0.4) is 0 Å². The predicted octanol–water partition coefficient (Wildman–Crippen LogP) is 4.88. The molecule has 8 heteroatoms. The van der Waals surface area contributed by atoms with Crippen LogP contribution < -0.4 is 5.32 Å². The number of halogens is 2. The molecule has 4 rings (SSSR count). The molecule has 0 radical (unpaired) electrons. The molecule has 4 aromatic rings. The molecule has 0 fully saturated rings. The van der Waals surface area contributed by atoms with Crippen molar-refractivity contribution in [3.8, 4) is 5.82 Å². The van der Waals surface area contributed by atoms with Crippen molar-refractivity contribution in [3.05, 3.63) is 64.0 Å². The lowest BCUT2D eigenvalue weighted by Gasteiger charge is -2.12. The number of pyridine rings is 1. The number of rotatable bonds is 3. The number of nitrogens with zero attached hydrogens (tertiary/aromatic N) is 5. The summed E-state index contributed by atoms with van der Waals surface area (Å²) in [5.74, 6) is 1.82. The molecule has 0 unspecified atom stereocenters. The Labute approximate surface area is 159 Å². The topological polar surface area (TPSA) is 68.5 Å². The first-order valence-corrected chi connectivity index (χ1v) is 8.65. The van der Waals surface area contributed by atoms with Gasteiger partial charge >= 0.3 is 0 Å². The van der Waals surface area contributed by atoms with E-state index in [1.807, 2.05) is 44.2 Å². The van der Waals surface area contributed by atoms with Crippen LogP contribution in [-0.2, 0) is 0 Å². The van der Waals surface area contributed by atoms with Crippen molar-refractivity contribution in [1.82, 2.24) is 24.7 Å². The fourth-order valence-electron chi connectivity index (χ4n) is 2.64. The average molecular weight is 385 g/mol. The number of aromatic nitrogens is 5. The summed E-state index contributed by atoms with van der Waals surface area (Å²) >= 11 is 12.2. The lowest BCUT2D eigenvalue weighted by Crippen LogP contribution is -2.07. The van der Waals surface area contributed by atoms with Crippen LogP contribution in [0.4, 0.5) is 11.6 Å². The first-order chi connectivity index (χ1) is 12.5. The summed E-state index contributed by atoms with van der Waals surface area (Å²) < 4.78 is 1.63. The smallest absolute Gasteiger partial charge is 0.174 e. The molecule has 0 aliphatic heterocycles. The number of benzene rings is 1. The molecular weight excluding hydrogens is 371 g/mol. The maximum atomic E-state index is 6.29. The van der Waals surface area contributed by atoms with Gasteiger partial charge in [-0.05, 0) is 32.0 Å². The van der Waals surface area contributed by atoms with Crippen LogP contribution in [0.25, 0.3) is 16.9 Å².